The maximum absolute atomic E-state index is 12.3. The molecule has 0 fully saturated rings. The third-order valence-electron chi connectivity index (χ3n) is 3.78. The smallest absolute Gasteiger partial charge is 0.340 e. The van der Waals surface area contributed by atoms with E-state index in [2.05, 4.69) is 10.6 Å². The summed E-state index contributed by atoms with van der Waals surface area (Å²) in [5.41, 5.74) is 0.710. The Labute approximate surface area is 166 Å². The Morgan fingerprint density at radius 3 is 2.21 bits per heavy atom. The standard InChI is InChI=1S/C19H19ClN2O6/c1-26-15-8-12(19(25)28-3)14(9-16(15)27-2)22-18(24)17(23)21-10-11-6-4-5-7-13(11)20/h4-9H,10H2,1-3H3,(H,21,23)(H,22,24). The molecule has 0 heterocycles. The molecule has 0 saturated carbocycles. The van der Waals surface area contributed by atoms with Crippen molar-refractivity contribution in [3.8, 4) is 11.5 Å². The number of hydrogen-bond acceptors (Lipinski definition) is 6. The first-order valence-corrected chi connectivity index (χ1v) is 8.46. The lowest BCUT2D eigenvalue weighted by Crippen LogP contribution is -2.35. The molecule has 2 N–H and O–H groups in total. The van der Waals surface area contributed by atoms with Gasteiger partial charge in [-0.3, -0.25) is 9.59 Å². The van der Waals surface area contributed by atoms with E-state index in [0.29, 0.717) is 10.6 Å². The number of rotatable bonds is 6. The molecule has 0 aliphatic carbocycles. The normalized spacial score (nSPS) is 10.0. The third-order valence-corrected chi connectivity index (χ3v) is 4.15. The molecular weight excluding hydrogens is 388 g/mol. The lowest BCUT2D eigenvalue weighted by Gasteiger charge is -2.14. The molecule has 0 unspecified atom stereocenters. The highest BCUT2D eigenvalue weighted by atomic mass is 35.5. The van der Waals surface area contributed by atoms with Crippen molar-refractivity contribution >= 4 is 35.1 Å². The maximum Gasteiger partial charge on any atom is 0.340 e. The van der Waals surface area contributed by atoms with Crippen LogP contribution in [0.2, 0.25) is 5.02 Å². The summed E-state index contributed by atoms with van der Waals surface area (Å²) in [6.45, 7) is 0.0711. The number of carbonyl (C=O) groups is 3. The zero-order valence-electron chi connectivity index (χ0n) is 15.5. The van der Waals surface area contributed by atoms with Crippen LogP contribution in [0.1, 0.15) is 15.9 Å². The zero-order valence-corrected chi connectivity index (χ0v) is 16.3. The van der Waals surface area contributed by atoms with Crippen LogP contribution in [0.3, 0.4) is 0 Å². The fourth-order valence-electron chi connectivity index (χ4n) is 2.34. The number of methoxy groups -OCH3 is 3. The predicted octanol–water partition coefficient (Wildman–Crippen LogP) is 2.40. The van der Waals surface area contributed by atoms with E-state index in [1.165, 1.54) is 33.5 Å². The molecule has 0 spiro atoms. The van der Waals surface area contributed by atoms with Gasteiger partial charge in [-0.2, -0.15) is 0 Å². The van der Waals surface area contributed by atoms with Crippen molar-refractivity contribution in [3.05, 3.63) is 52.5 Å². The van der Waals surface area contributed by atoms with E-state index in [1.54, 1.807) is 24.3 Å². The molecule has 2 amide bonds. The number of esters is 1. The average molecular weight is 407 g/mol. The first-order chi connectivity index (χ1) is 13.4. The van der Waals surface area contributed by atoms with Gasteiger partial charge in [0.15, 0.2) is 11.5 Å². The van der Waals surface area contributed by atoms with Gasteiger partial charge in [-0.15, -0.1) is 0 Å². The van der Waals surface area contributed by atoms with Crippen LogP contribution in [-0.4, -0.2) is 39.1 Å². The van der Waals surface area contributed by atoms with E-state index >= 15 is 0 Å². The Morgan fingerprint density at radius 2 is 1.61 bits per heavy atom. The van der Waals surface area contributed by atoms with Gasteiger partial charge in [0.1, 0.15) is 0 Å². The molecule has 2 aromatic rings. The molecule has 9 heteroatoms. The van der Waals surface area contributed by atoms with Crippen molar-refractivity contribution in [3.63, 3.8) is 0 Å². The molecule has 28 heavy (non-hydrogen) atoms. The van der Waals surface area contributed by atoms with E-state index < -0.39 is 17.8 Å². The number of hydrogen-bond donors (Lipinski definition) is 2. The minimum atomic E-state index is -0.968. The summed E-state index contributed by atoms with van der Waals surface area (Å²) in [6, 6.07) is 9.64. The fourth-order valence-corrected chi connectivity index (χ4v) is 2.54. The van der Waals surface area contributed by atoms with Crippen LogP contribution in [0.15, 0.2) is 36.4 Å². The lowest BCUT2D eigenvalue weighted by atomic mass is 10.1. The second kappa shape index (κ2) is 9.61. The molecule has 0 atom stereocenters. The van der Waals surface area contributed by atoms with Crippen molar-refractivity contribution < 1.29 is 28.6 Å². The fraction of sp³-hybridized carbons (Fsp3) is 0.211. The second-order valence-corrected chi connectivity index (χ2v) is 5.88. The zero-order chi connectivity index (χ0) is 20.7. The van der Waals surface area contributed by atoms with Gasteiger partial charge >= 0.3 is 17.8 Å². The number of nitrogens with one attached hydrogen (secondary N) is 2. The molecule has 8 nitrogen and oxygen atoms in total. The molecule has 2 aromatic carbocycles. The molecule has 148 valence electrons. The van der Waals surface area contributed by atoms with Gasteiger partial charge in [0.25, 0.3) is 0 Å². The average Bonchev–Trinajstić information content (AvgIpc) is 2.71. The number of anilines is 1. The number of ether oxygens (including phenoxy) is 3. The first-order valence-electron chi connectivity index (χ1n) is 8.08. The minimum absolute atomic E-state index is 0.00686. The third kappa shape index (κ3) is 4.92. The van der Waals surface area contributed by atoms with Crippen LogP contribution in [0.5, 0.6) is 11.5 Å². The SMILES string of the molecule is COC(=O)c1cc(OC)c(OC)cc1NC(=O)C(=O)NCc1ccccc1Cl. The summed E-state index contributed by atoms with van der Waals surface area (Å²) in [4.78, 5) is 36.4. The van der Waals surface area contributed by atoms with Crippen molar-refractivity contribution in [1.82, 2.24) is 5.32 Å². The highest BCUT2D eigenvalue weighted by molar-refractivity contribution is 6.40. The maximum atomic E-state index is 12.3. The predicted molar refractivity (Wildman–Crippen MR) is 103 cm³/mol. The van der Waals surface area contributed by atoms with Gasteiger partial charge in [0, 0.05) is 23.7 Å². The van der Waals surface area contributed by atoms with Gasteiger partial charge in [0.2, 0.25) is 0 Å². The molecule has 0 bridgehead atoms. The van der Waals surface area contributed by atoms with Crippen molar-refractivity contribution in [2.24, 2.45) is 0 Å². The van der Waals surface area contributed by atoms with Crippen LogP contribution in [0.25, 0.3) is 0 Å². The van der Waals surface area contributed by atoms with E-state index in [1.807, 2.05) is 0 Å². The van der Waals surface area contributed by atoms with Crippen molar-refractivity contribution in [2.45, 2.75) is 6.54 Å². The summed E-state index contributed by atoms with van der Waals surface area (Å²) in [6.07, 6.45) is 0. The molecule has 2 rings (SSSR count). The highest BCUT2D eigenvalue weighted by Crippen LogP contribution is 2.33. The van der Waals surface area contributed by atoms with E-state index in [-0.39, 0.29) is 29.3 Å². The van der Waals surface area contributed by atoms with Gasteiger partial charge in [0.05, 0.1) is 32.6 Å². The topological polar surface area (TPSA) is 103 Å². The Balaban J connectivity index is 2.18. The summed E-state index contributed by atoms with van der Waals surface area (Å²) in [7, 11) is 4.00. The molecule has 0 aliphatic rings. The minimum Gasteiger partial charge on any atom is -0.493 e. The monoisotopic (exact) mass is 406 g/mol. The summed E-state index contributed by atoms with van der Waals surface area (Å²) < 4.78 is 15.0. The Morgan fingerprint density at radius 1 is 0.964 bits per heavy atom. The number of benzene rings is 2. The van der Waals surface area contributed by atoms with Crippen molar-refractivity contribution in [2.75, 3.05) is 26.6 Å². The van der Waals surface area contributed by atoms with E-state index in [9.17, 15) is 14.4 Å². The van der Waals surface area contributed by atoms with Crippen LogP contribution in [0.4, 0.5) is 5.69 Å². The van der Waals surface area contributed by atoms with Crippen molar-refractivity contribution in [1.29, 1.82) is 0 Å². The van der Waals surface area contributed by atoms with E-state index in [0.717, 1.165) is 0 Å². The quantitative estimate of drug-likeness (QED) is 0.564. The number of halogens is 1. The Hall–Kier alpha value is -3.26. The summed E-state index contributed by atoms with van der Waals surface area (Å²) >= 11 is 6.02. The lowest BCUT2D eigenvalue weighted by molar-refractivity contribution is -0.136. The largest absolute Gasteiger partial charge is 0.493 e. The molecular formula is C19H19ClN2O6. The van der Waals surface area contributed by atoms with Crippen LogP contribution in [-0.2, 0) is 20.9 Å². The van der Waals surface area contributed by atoms with Gasteiger partial charge in [-0.05, 0) is 11.6 Å². The summed E-state index contributed by atoms with van der Waals surface area (Å²) in [5, 5.41) is 5.32. The van der Waals surface area contributed by atoms with Gasteiger partial charge in [-0.1, -0.05) is 29.8 Å². The number of amides is 2. The highest BCUT2D eigenvalue weighted by Gasteiger charge is 2.21. The van der Waals surface area contributed by atoms with Crippen LogP contribution < -0.4 is 20.1 Å². The molecule has 0 aliphatic heterocycles. The Kier molecular flexibility index (Phi) is 7.22. The molecule has 0 aromatic heterocycles. The second-order valence-electron chi connectivity index (χ2n) is 5.47. The Bertz CT molecular complexity index is 900. The van der Waals surface area contributed by atoms with Crippen LogP contribution >= 0.6 is 11.6 Å². The van der Waals surface area contributed by atoms with Gasteiger partial charge < -0.3 is 24.8 Å². The van der Waals surface area contributed by atoms with Crippen LogP contribution in [0, 0.1) is 0 Å². The van der Waals surface area contributed by atoms with E-state index in [4.69, 9.17) is 25.8 Å². The first kappa shape index (κ1) is 21.0. The molecule has 0 radical (unpaired) electrons. The number of carbonyl (C=O) groups excluding carboxylic acids is 3. The van der Waals surface area contributed by atoms with Gasteiger partial charge in [-0.25, -0.2) is 4.79 Å². The summed E-state index contributed by atoms with van der Waals surface area (Å²) in [5.74, 6) is -2.05. The molecule has 0 saturated heterocycles.